The molecule has 0 aliphatic carbocycles. The fourth-order valence-corrected chi connectivity index (χ4v) is 2.89. The molecule has 2 rings (SSSR count). The molecule has 1 aliphatic heterocycles. The highest BCUT2D eigenvalue weighted by atomic mass is 127. The summed E-state index contributed by atoms with van der Waals surface area (Å²) in [6.45, 7) is 9.70. The Bertz CT molecular complexity index is 463. The van der Waals surface area contributed by atoms with Crippen LogP contribution < -0.4 is 11.1 Å². The zero-order valence-electron chi connectivity index (χ0n) is 14.2. The summed E-state index contributed by atoms with van der Waals surface area (Å²) in [5, 5.41) is 3.17. The molecule has 0 radical (unpaired) electrons. The van der Waals surface area contributed by atoms with Gasteiger partial charge in [-0.15, -0.1) is 24.0 Å². The number of aliphatic imine (C=N–C) groups is 1. The number of guanidine groups is 1. The fraction of sp³-hybridized carbons (Fsp3) is 0.647. The first-order valence-electron chi connectivity index (χ1n) is 8.29. The number of nitrogens with zero attached hydrogens (tertiary/aromatic N) is 3. The maximum atomic E-state index is 5.94. The number of pyridine rings is 1. The van der Waals surface area contributed by atoms with Crippen molar-refractivity contribution in [1.29, 1.82) is 0 Å². The molecular formula is C17H30IN5. The van der Waals surface area contributed by atoms with Crippen molar-refractivity contribution in [2.24, 2.45) is 22.6 Å². The van der Waals surface area contributed by atoms with Gasteiger partial charge in [-0.3, -0.25) is 9.98 Å². The van der Waals surface area contributed by atoms with E-state index in [4.69, 9.17) is 5.73 Å². The monoisotopic (exact) mass is 431 g/mol. The highest BCUT2D eigenvalue weighted by Crippen LogP contribution is 2.17. The summed E-state index contributed by atoms with van der Waals surface area (Å²) in [6.07, 6.45) is 3.91. The van der Waals surface area contributed by atoms with Crippen LogP contribution in [-0.4, -0.2) is 48.6 Å². The molecule has 1 fully saturated rings. The molecule has 5 nitrogen and oxygen atoms in total. The minimum atomic E-state index is 0. The van der Waals surface area contributed by atoms with Crippen LogP contribution in [0.1, 0.15) is 26.0 Å². The van der Waals surface area contributed by atoms with Crippen molar-refractivity contribution in [3.63, 3.8) is 0 Å². The Balaban J connectivity index is 0.00000264. The summed E-state index contributed by atoms with van der Waals surface area (Å²) in [5.41, 5.74) is 7.01. The number of hydrogen-bond donors (Lipinski definition) is 2. The molecule has 0 aromatic carbocycles. The molecule has 3 N–H and O–H groups in total. The standard InChI is InChI=1S/C17H29N5.HI/c1-14(2)12-22-10-7-15(13-22)11-21-17(18)20-9-6-16-5-3-4-8-19-16;/h3-5,8,14-15H,6-7,9-13H2,1-2H3,(H3,18,20,21);1H. The van der Waals surface area contributed by atoms with E-state index >= 15 is 0 Å². The van der Waals surface area contributed by atoms with Crippen molar-refractivity contribution in [3.05, 3.63) is 30.1 Å². The third kappa shape index (κ3) is 7.97. The smallest absolute Gasteiger partial charge is 0.188 e. The summed E-state index contributed by atoms with van der Waals surface area (Å²) >= 11 is 0. The maximum Gasteiger partial charge on any atom is 0.188 e. The average Bonchev–Trinajstić information content (AvgIpc) is 2.93. The highest BCUT2D eigenvalue weighted by Gasteiger charge is 2.22. The molecule has 1 aromatic heterocycles. The predicted octanol–water partition coefficient (Wildman–Crippen LogP) is 2.12. The van der Waals surface area contributed by atoms with Crippen LogP contribution in [0, 0.1) is 11.8 Å². The Morgan fingerprint density at radius 3 is 3.00 bits per heavy atom. The molecule has 0 spiro atoms. The van der Waals surface area contributed by atoms with Gasteiger partial charge < -0.3 is 16.0 Å². The van der Waals surface area contributed by atoms with E-state index in [9.17, 15) is 0 Å². The van der Waals surface area contributed by atoms with Gasteiger partial charge in [0.15, 0.2) is 5.96 Å². The van der Waals surface area contributed by atoms with E-state index in [0.29, 0.717) is 11.9 Å². The third-order valence-electron chi connectivity index (χ3n) is 3.93. The van der Waals surface area contributed by atoms with Gasteiger partial charge in [0.2, 0.25) is 0 Å². The molecule has 130 valence electrons. The van der Waals surface area contributed by atoms with Crippen molar-refractivity contribution >= 4 is 29.9 Å². The second-order valence-corrected chi connectivity index (χ2v) is 6.53. The molecule has 23 heavy (non-hydrogen) atoms. The highest BCUT2D eigenvalue weighted by molar-refractivity contribution is 14.0. The summed E-state index contributed by atoms with van der Waals surface area (Å²) in [4.78, 5) is 11.3. The summed E-state index contributed by atoms with van der Waals surface area (Å²) < 4.78 is 0. The molecule has 0 amide bonds. The van der Waals surface area contributed by atoms with Crippen LogP contribution in [0.5, 0.6) is 0 Å². The van der Waals surface area contributed by atoms with Crippen LogP contribution in [0.2, 0.25) is 0 Å². The molecule has 0 saturated carbocycles. The van der Waals surface area contributed by atoms with Crippen molar-refractivity contribution < 1.29 is 0 Å². The van der Waals surface area contributed by atoms with Crippen molar-refractivity contribution in [1.82, 2.24) is 15.2 Å². The van der Waals surface area contributed by atoms with Gasteiger partial charge in [-0.25, -0.2) is 0 Å². The van der Waals surface area contributed by atoms with Crippen LogP contribution >= 0.6 is 24.0 Å². The minimum absolute atomic E-state index is 0. The van der Waals surface area contributed by atoms with Crippen molar-refractivity contribution in [2.45, 2.75) is 26.7 Å². The van der Waals surface area contributed by atoms with E-state index in [1.165, 1.54) is 19.5 Å². The van der Waals surface area contributed by atoms with Crippen molar-refractivity contribution in [2.75, 3.05) is 32.7 Å². The lowest BCUT2D eigenvalue weighted by atomic mass is 10.1. The normalized spacial score (nSPS) is 18.9. The lowest BCUT2D eigenvalue weighted by Gasteiger charge is -2.17. The molecular weight excluding hydrogens is 401 g/mol. The van der Waals surface area contributed by atoms with E-state index in [-0.39, 0.29) is 24.0 Å². The van der Waals surface area contributed by atoms with Gasteiger partial charge >= 0.3 is 0 Å². The van der Waals surface area contributed by atoms with Gasteiger partial charge in [0, 0.05) is 44.5 Å². The molecule has 1 saturated heterocycles. The summed E-state index contributed by atoms with van der Waals surface area (Å²) in [7, 11) is 0. The number of aromatic nitrogens is 1. The van der Waals surface area contributed by atoms with Crippen LogP contribution in [0.4, 0.5) is 0 Å². The SMILES string of the molecule is CC(C)CN1CCC(CN=C(N)NCCc2ccccn2)C1.I. The van der Waals surface area contributed by atoms with Gasteiger partial charge in [0.1, 0.15) is 0 Å². The largest absolute Gasteiger partial charge is 0.370 e. The van der Waals surface area contributed by atoms with Crippen molar-refractivity contribution in [3.8, 4) is 0 Å². The molecule has 1 aromatic rings. The maximum absolute atomic E-state index is 5.94. The third-order valence-corrected chi connectivity index (χ3v) is 3.93. The zero-order valence-corrected chi connectivity index (χ0v) is 16.6. The van der Waals surface area contributed by atoms with Gasteiger partial charge in [-0.2, -0.15) is 0 Å². The van der Waals surface area contributed by atoms with E-state index in [2.05, 4.69) is 34.0 Å². The topological polar surface area (TPSA) is 66.5 Å². The molecule has 2 heterocycles. The summed E-state index contributed by atoms with van der Waals surface area (Å²) in [5.74, 6) is 1.94. The first-order valence-corrected chi connectivity index (χ1v) is 8.29. The quantitative estimate of drug-likeness (QED) is 0.395. The second-order valence-electron chi connectivity index (χ2n) is 6.53. The summed E-state index contributed by atoms with van der Waals surface area (Å²) in [6, 6.07) is 5.95. The number of likely N-dealkylation sites (tertiary alicyclic amines) is 1. The zero-order chi connectivity index (χ0) is 15.8. The molecule has 1 unspecified atom stereocenters. The second kappa shape index (κ2) is 10.8. The van der Waals surface area contributed by atoms with Crippen LogP contribution in [0.3, 0.4) is 0 Å². The van der Waals surface area contributed by atoms with Gasteiger partial charge in [-0.1, -0.05) is 19.9 Å². The average molecular weight is 431 g/mol. The lowest BCUT2D eigenvalue weighted by Crippen LogP contribution is -2.34. The van der Waals surface area contributed by atoms with Crippen LogP contribution in [0.15, 0.2) is 29.4 Å². The molecule has 1 atom stereocenters. The first kappa shape index (κ1) is 20.2. The Labute approximate surface area is 157 Å². The molecule has 1 aliphatic rings. The van der Waals surface area contributed by atoms with Crippen LogP contribution in [-0.2, 0) is 6.42 Å². The number of halogens is 1. The number of hydrogen-bond acceptors (Lipinski definition) is 3. The lowest BCUT2D eigenvalue weighted by molar-refractivity contribution is 0.288. The Hall–Kier alpha value is -0.890. The van der Waals surface area contributed by atoms with E-state index in [1.54, 1.807) is 0 Å². The minimum Gasteiger partial charge on any atom is -0.370 e. The molecule has 6 heteroatoms. The van der Waals surface area contributed by atoms with Gasteiger partial charge in [0.05, 0.1) is 0 Å². The predicted molar refractivity (Wildman–Crippen MR) is 107 cm³/mol. The van der Waals surface area contributed by atoms with E-state index < -0.39 is 0 Å². The number of rotatable bonds is 7. The van der Waals surface area contributed by atoms with E-state index in [1.807, 2.05) is 24.4 Å². The molecule has 0 bridgehead atoms. The Morgan fingerprint density at radius 1 is 1.48 bits per heavy atom. The number of nitrogens with two attached hydrogens (primary N) is 1. The Morgan fingerprint density at radius 2 is 2.30 bits per heavy atom. The van der Waals surface area contributed by atoms with Crippen LogP contribution in [0.25, 0.3) is 0 Å². The van der Waals surface area contributed by atoms with E-state index in [0.717, 1.165) is 37.7 Å². The fourth-order valence-electron chi connectivity index (χ4n) is 2.89. The number of nitrogens with one attached hydrogen (secondary N) is 1. The van der Waals surface area contributed by atoms with Gasteiger partial charge in [0.25, 0.3) is 0 Å². The first-order chi connectivity index (χ1) is 10.6. The van der Waals surface area contributed by atoms with Gasteiger partial charge in [-0.05, 0) is 36.9 Å². The Kier molecular flexibility index (Phi) is 9.47.